The fourth-order valence-corrected chi connectivity index (χ4v) is 7.81. The van der Waals surface area contributed by atoms with E-state index in [4.69, 9.17) is 11.6 Å². The van der Waals surface area contributed by atoms with Gasteiger partial charge in [-0.2, -0.15) is 9.97 Å². The third kappa shape index (κ3) is 11.5. The number of carbonyl (C=O) groups is 3. The van der Waals surface area contributed by atoms with Crippen molar-refractivity contribution >= 4 is 64.5 Å². The van der Waals surface area contributed by atoms with Gasteiger partial charge in [-0.3, -0.25) is 0 Å². The molecule has 4 heterocycles. The monoisotopic (exact) mass is 948 g/mol. The Morgan fingerprint density at radius 3 is 1.61 bits per heavy atom. The minimum atomic E-state index is -1.10. The van der Waals surface area contributed by atoms with Gasteiger partial charge in [-0.25, -0.2) is 51.7 Å². The van der Waals surface area contributed by atoms with E-state index < -0.39 is 52.7 Å². The van der Waals surface area contributed by atoms with Crippen LogP contribution in [0.5, 0.6) is 0 Å². The molecule has 2 aliphatic rings. The Kier molecular flexibility index (Phi) is 16.9. The zero-order valence-electron chi connectivity index (χ0n) is 37.8. The third-order valence-electron chi connectivity index (χ3n) is 11.3. The fraction of sp³-hybridized carbons (Fsp3) is 0.370. The van der Waals surface area contributed by atoms with Crippen LogP contribution in [0.15, 0.2) is 54.6 Å². The van der Waals surface area contributed by atoms with Crippen LogP contribution in [-0.4, -0.2) is 105 Å². The van der Waals surface area contributed by atoms with Crippen molar-refractivity contribution in [1.82, 2.24) is 40.4 Å². The number of hydrogen-bond donors (Lipinski definition) is 5. The van der Waals surface area contributed by atoms with Gasteiger partial charge < -0.3 is 36.2 Å². The fourth-order valence-electron chi connectivity index (χ4n) is 7.58. The molecule has 0 saturated heterocycles. The van der Waals surface area contributed by atoms with Gasteiger partial charge in [0.05, 0.1) is 29.9 Å². The lowest BCUT2D eigenvalue weighted by Crippen LogP contribution is -2.43. The lowest BCUT2D eigenvalue weighted by atomic mass is 9.98. The summed E-state index contributed by atoms with van der Waals surface area (Å²) in [4.78, 5) is 61.1. The summed E-state index contributed by atoms with van der Waals surface area (Å²) in [5.74, 6) is -4.27. The molecule has 0 unspecified atom stereocenters. The van der Waals surface area contributed by atoms with Crippen LogP contribution in [0.2, 0.25) is 5.15 Å². The highest BCUT2D eigenvalue weighted by Crippen LogP contribution is 2.40. The molecule has 0 atom stereocenters. The number of halogens is 5. The number of para-hydroxylation sites is 2. The first-order valence-corrected chi connectivity index (χ1v) is 22.4. The number of carboxylic acids is 1. The van der Waals surface area contributed by atoms with Crippen LogP contribution in [-0.2, 0) is 13.1 Å². The normalized spacial score (nSPS) is 13.1. The molecule has 0 bridgehead atoms. The number of fused-ring (bicyclic) bond motifs is 2. The van der Waals surface area contributed by atoms with Gasteiger partial charge in [0.2, 0.25) is 11.9 Å². The average molecular weight is 949 g/mol. The van der Waals surface area contributed by atoms with Crippen LogP contribution in [0.25, 0.3) is 11.3 Å². The number of aromatic carboxylic acids is 1. The van der Waals surface area contributed by atoms with Gasteiger partial charge in [-0.15, -0.1) is 0 Å². The van der Waals surface area contributed by atoms with E-state index in [-0.39, 0.29) is 47.3 Å². The number of aryl methyl sites for hydroxylation is 1. The Morgan fingerprint density at radius 1 is 0.701 bits per heavy atom. The zero-order valence-corrected chi connectivity index (χ0v) is 38.6. The van der Waals surface area contributed by atoms with Crippen molar-refractivity contribution in [2.45, 2.75) is 60.5 Å². The molecule has 5 aromatic rings. The number of anilines is 6. The number of carboxylic acid groups (broad SMARTS) is 1. The number of nitrogens with one attached hydrogen (secondary N) is 4. The van der Waals surface area contributed by atoms with Gasteiger partial charge in [0.25, 0.3) is 0 Å². The number of urea groups is 2. The SMILES string of the molecule is CCN(CC)CCCNc1nc(-c2cc(C(=O)O)ccc2C)c2c(n1)N(c1c(F)cccc1F)C(=O)NC2.CCN(CC)CCCNc1nc(Cl)c2c(n1)N(c1c(F)cccc1F)C(=O)NC2. The van der Waals surface area contributed by atoms with E-state index >= 15 is 0 Å². The molecule has 16 nitrogen and oxygen atoms in total. The van der Waals surface area contributed by atoms with Crippen molar-refractivity contribution in [3.8, 4) is 11.3 Å². The molecule has 2 aliphatic heterocycles. The first kappa shape index (κ1) is 49.8. The molecular weight excluding hydrogens is 896 g/mol. The van der Waals surface area contributed by atoms with Crippen molar-refractivity contribution < 1.29 is 37.1 Å². The number of amides is 4. The summed E-state index contributed by atoms with van der Waals surface area (Å²) in [6.07, 6.45) is 1.64. The van der Waals surface area contributed by atoms with Gasteiger partial charge in [-0.1, -0.05) is 57.5 Å². The molecule has 0 radical (unpaired) electrons. The summed E-state index contributed by atoms with van der Waals surface area (Å²) >= 11 is 6.27. The van der Waals surface area contributed by atoms with E-state index in [1.54, 1.807) is 6.07 Å². The first-order chi connectivity index (χ1) is 32.2. The van der Waals surface area contributed by atoms with Crippen molar-refractivity contribution in [1.29, 1.82) is 0 Å². The molecule has 0 fully saturated rings. The number of benzene rings is 3. The molecule has 356 valence electrons. The van der Waals surface area contributed by atoms with Gasteiger partial charge in [0, 0.05) is 24.2 Å². The van der Waals surface area contributed by atoms with Crippen LogP contribution in [0.3, 0.4) is 0 Å². The molecule has 5 N–H and O–H groups in total. The number of hydrogen-bond acceptors (Lipinski definition) is 11. The Bertz CT molecular complexity index is 2560. The second-order valence-electron chi connectivity index (χ2n) is 15.4. The van der Waals surface area contributed by atoms with E-state index in [1.807, 2.05) is 6.92 Å². The molecule has 0 spiro atoms. The summed E-state index contributed by atoms with van der Waals surface area (Å²) < 4.78 is 58.3. The number of nitrogens with zero attached hydrogens (tertiary/aromatic N) is 8. The van der Waals surface area contributed by atoms with Crippen molar-refractivity contribution in [3.05, 3.63) is 105 Å². The third-order valence-corrected chi connectivity index (χ3v) is 11.6. The van der Waals surface area contributed by atoms with E-state index in [2.05, 4.69) is 78.7 Å². The second-order valence-corrected chi connectivity index (χ2v) is 15.8. The summed E-state index contributed by atoms with van der Waals surface area (Å²) in [6.45, 7) is 16.9. The summed E-state index contributed by atoms with van der Waals surface area (Å²) in [5.41, 5.74) is 1.41. The van der Waals surface area contributed by atoms with E-state index in [9.17, 15) is 37.1 Å². The van der Waals surface area contributed by atoms with Crippen LogP contribution in [0.1, 0.15) is 67.6 Å². The minimum Gasteiger partial charge on any atom is -0.478 e. The van der Waals surface area contributed by atoms with Gasteiger partial charge >= 0.3 is 18.0 Å². The summed E-state index contributed by atoms with van der Waals surface area (Å²) in [7, 11) is 0. The first-order valence-electron chi connectivity index (χ1n) is 22.0. The summed E-state index contributed by atoms with van der Waals surface area (Å²) in [5, 5.41) is 21.1. The molecular formula is C46H53ClF4N12O4. The van der Waals surface area contributed by atoms with Gasteiger partial charge in [0.15, 0.2) is 11.6 Å². The van der Waals surface area contributed by atoms with Gasteiger partial charge in [-0.05, 0) is 101 Å². The Balaban J connectivity index is 0.000000229. The van der Waals surface area contributed by atoms with Crippen molar-refractivity contribution in [2.75, 3.05) is 72.8 Å². The molecule has 21 heteroatoms. The van der Waals surface area contributed by atoms with Crippen LogP contribution in [0, 0.1) is 30.2 Å². The number of rotatable bonds is 18. The maximum atomic E-state index is 14.8. The van der Waals surface area contributed by atoms with Crippen molar-refractivity contribution in [3.63, 3.8) is 0 Å². The van der Waals surface area contributed by atoms with E-state index in [0.717, 1.165) is 91.7 Å². The maximum Gasteiger partial charge on any atom is 0.335 e. The Morgan fingerprint density at radius 2 is 1.15 bits per heavy atom. The topological polar surface area (TPSA) is 184 Å². The number of carbonyl (C=O) groups excluding carboxylic acids is 2. The van der Waals surface area contributed by atoms with Gasteiger partial charge in [0.1, 0.15) is 39.8 Å². The van der Waals surface area contributed by atoms with E-state index in [0.29, 0.717) is 35.5 Å². The second kappa shape index (κ2) is 22.7. The molecule has 0 aliphatic carbocycles. The highest BCUT2D eigenvalue weighted by molar-refractivity contribution is 6.31. The van der Waals surface area contributed by atoms with Crippen LogP contribution in [0.4, 0.5) is 62.1 Å². The molecule has 4 amide bonds. The van der Waals surface area contributed by atoms with Crippen LogP contribution < -0.4 is 31.1 Å². The van der Waals surface area contributed by atoms with E-state index in [1.165, 1.54) is 24.3 Å². The predicted molar refractivity (Wildman–Crippen MR) is 249 cm³/mol. The Labute approximate surface area is 390 Å². The maximum absolute atomic E-state index is 14.8. The van der Waals surface area contributed by atoms with Crippen LogP contribution >= 0.6 is 11.6 Å². The predicted octanol–water partition coefficient (Wildman–Crippen LogP) is 8.85. The standard InChI is InChI=1S/C27H30F2N6O3.C19H23ClF2N6O/c1-4-34(5-2)13-7-12-30-26-32-22(18-14-17(25(36)37)11-10-16(18)3)19-15-31-27(38)35(24(19)33-26)23-20(28)8-6-9-21(23)29;1-3-27(4-2)10-6-9-23-18-25-16(20)12-11-24-19(29)28(17(12)26-18)15-13(21)7-5-8-14(15)22/h6,8-11,14H,4-5,7,12-13,15H2,1-3H3,(H,31,38)(H,36,37)(H,30,32,33);5,7-8H,3-4,6,9-11H2,1-2H3,(H,24,29)(H,23,25,26). The largest absolute Gasteiger partial charge is 0.478 e. The molecule has 67 heavy (non-hydrogen) atoms. The zero-order chi connectivity index (χ0) is 48.4. The summed E-state index contributed by atoms with van der Waals surface area (Å²) in [6, 6.07) is 9.95. The molecule has 3 aromatic carbocycles. The highest BCUT2D eigenvalue weighted by Gasteiger charge is 2.35. The lowest BCUT2D eigenvalue weighted by molar-refractivity contribution is 0.0696. The Hall–Kier alpha value is -6.64. The lowest BCUT2D eigenvalue weighted by Gasteiger charge is -2.31. The quantitative estimate of drug-likeness (QED) is 0.0320. The molecule has 0 saturated carbocycles. The minimum absolute atomic E-state index is 0.00491. The molecule has 7 rings (SSSR count). The molecule has 2 aromatic heterocycles. The smallest absolute Gasteiger partial charge is 0.335 e. The number of aromatic nitrogens is 4. The average Bonchev–Trinajstić information content (AvgIpc) is 3.30. The highest BCUT2D eigenvalue weighted by atomic mass is 35.5. The van der Waals surface area contributed by atoms with Crippen molar-refractivity contribution in [2.24, 2.45) is 0 Å².